The highest BCUT2D eigenvalue weighted by Crippen LogP contribution is 2.21. The van der Waals surface area contributed by atoms with E-state index < -0.39 is 17.9 Å². The van der Waals surface area contributed by atoms with Crippen molar-refractivity contribution in [3.8, 4) is 5.75 Å². The number of ether oxygens (including phenoxy) is 3. The Morgan fingerprint density at radius 1 is 0.917 bits per heavy atom. The lowest BCUT2D eigenvalue weighted by atomic mass is 10.1. The van der Waals surface area contributed by atoms with Gasteiger partial charge in [0.25, 0.3) is 0 Å². The quantitative estimate of drug-likeness (QED) is 0.0740. The third-order valence-electron chi connectivity index (χ3n) is 4.48. The maximum absolute atomic E-state index is 12.2. The van der Waals surface area contributed by atoms with E-state index in [1.165, 1.54) is 25.5 Å². The predicted molar refractivity (Wildman–Crippen MR) is 132 cm³/mol. The van der Waals surface area contributed by atoms with E-state index in [2.05, 4.69) is 16.8 Å². The number of methoxy groups -OCH3 is 1. The average Bonchev–Trinajstić information content (AvgIpc) is 2.89. The molecule has 0 aliphatic carbocycles. The van der Waals surface area contributed by atoms with Gasteiger partial charge in [-0.1, -0.05) is 36.4 Å². The average molecular weight is 497 g/mol. The van der Waals surface area contributed by atoms with Gasteiger partial charge >= 0.3 is 17.9 Å². The smallest absolute Gasteiger partial charge is 0.341 e. The molecule has 10 nitrogen and oxygen atoms in total. The highest BCUT2D eigenvalue weighted by atomic mass is 17.2. The normalized spacial score (nSPS) is 10.8. The van der Waals surface area contributed by atoms with Gasteiger partial charge < -0.3 is 19.1 Å². The maximum Gasteiger partial charge on any atom is 0.341 e. The molecule has 0 aliphatic rings. The zero-order chi connectivity index (χ0) is 26.2. The van der Waals surface area contributed by atoms with Crippen LogP contribution < -0.4 is 4.89 Å². The number of rotatable bonds is 14. The molecule has 0 N–H and O–H groups in total. The van der Waals surface area contributed by atoms with E-state index in [1.807, 2.05) is 31.2 Å². The van der Waals surface area contributed by atoms with Crippen molar-refractivity contribution in [3.63, 3.8) is 0 Å². The SMILES string of the molecule is C=CC(=O)OCCOC(=O)CCCOOc1ccc(C=NN=Cc2ccc(C)cc2)cc1C(=O)OC. The van der Waals surface area contributed by atoms with E-state index >= 15 is 0 Å². The number of hydrogen-bond acceptors (Lipinski definition) is 10. The van der Waals surface area contributed by atoms with Crippen molar-refractivity contribution in [2.24, 2.45) is 10.2 Å². The van der Waals surface area contributed by atoms with E-state index in [0.717, 1.165) is 17.2 Å². The van der Waals surface area contributed by atoms with Gasteiger partial charge in [0.2, 0.25) is 0 Å². The van der Waals surface area contributed by atoms with Crippen molar-refractivity contribution >= 4 is 30.3 Å². The summed E-state index contributed by atoms with van der Waals surface area (Å²) in [5.41, 5.74) is 2.81. The van der Waals surface area contributed by atoms with Crippen molar-refractivity contribution in [1.29, 1.82) is 0 Å². The van der Waals surface area contributed by atoms with E-state index in [-0.39, 0.29) is 37.6 Å². The second-order valence-corrected chi connectivity index (χ2v) is 7.25. The topological polar surface area (TPSA) is 122 Å². The highest BCUT2D eigenvalue weighted by molar-refractivity contribution is 5.95. The minimum Gasteiger partial charge on any atom is -0.465 e. The Hall–Kier alpha value is -4.31. The largest absolute Gasteiger partial charge is 0.465 e. The first-order chi connectivity index (χ1) is 17.4. The van der Waals surface area contributed by atoms with Crippen LogP contribution in [0.3, 0.4) is 0 Å². The van der Waals surface area contributed by atoms with Crippen molar-refractivity contribution in [2.45, 2.75) is 19.8 Å². The first-order valence-corrected chi connectivity index (χ1v) is 11.0. The molecule has 2 aromatic carbocycles. The van der Waals surface area contributed by atoms with E-state index in [1.54, 1.807) is 12.3 Å². The minimum absolute atomic E-state index is 0.0493. The summed E-state index contributed by atoms with van der Waals surface area (Å²) >= 11 is 0. The van der Waals surface area contributed by atoms with Crippen LogP contribution in [0.5, 0.6) is 5.75 Å². The Morgan fingerprint density at radius 2 is 1.58 bits per heavy atom. The molecule has 36 heavy (non-hydrogen) atoms. The Morgan fingerprint density at radius 3 is 2.28 bits per heavy atom. The van der Waals surface area contributed by atoms with Crippen molar-refractivity contribution < 1.29 is 38.4 Å². The Balaban J connectivity index is 1.81. The van der Waals surface area contributed by atoms with Crippen LogP contribution in [0.25, 0.3) is 0 Å². The third-order valence-corrected chi connectivity index (χ3v) is 4.48. The number of aryl methyl sites for hydroxylation is 1. The van der Waals surface area contributed by atoms with Crippen LogP contribution in [0.2, 0.25) is 0 Å². The molecule has 0 atom stereocenters. The molecular formula is C26H28N2O8. The van der Waals surface area contributed by atoms with Gasteiger partial charge in [0.15, 0.2) is 5.75 Å². The second-order valence-electron chi connectivity index (χ2n) is 7.25. The lowest BCUT2D eigenvalue weighted by molar-refractivity contribution is -0.208. The summed E-state index contributed by atoms with van der Waals surface area (Å²) in [5.74, 6) is -1.53. The summed E-state index contributed by atoms with van der Waals surface area (Å²) in [6.45, 7) is 5.23. The van der Waals surface area contributed by atoms with Crippen molar-refractivity contribution in [2.75, 3.05) is 26.9 Å². The molecular weight excluding hydrogens is 468 g/mol. The third kappa shape index (κ3) is 10.3. The number of carbonyl (C=O) groups excluding carboxylic acids is 3. The first-order valence-electron chi connectivity index (χ1n) is 11.0. The van der Waals surface area contributed by atoms with Gasteiger partial charge in [0, 0.05) is 12.5 Å². The first kappa shape index (κ1) is 27.9. The lowest BCUT2D eigenvalue weighted by Gasteiger charge is -2.09. The summed E-state index contributed by atoms with van der Waals surface area (Å²) in [4.78, 5) is 45.1. The molecule has 0 saturated heterocycles. The van der Waals surface area contributed by atoms with Crippen molar-refractivity contribution in [1.82, 2.24) is 0 Å². The molecule has 10 heteroatoms. The molecule has 0 bridgehead atoms. The van der Waals surface area contributed by atoms with Crippen LogP contribution in [0.15, 0.2) is 65.3 Å². The molecule has 0 amide bonds. The van der Waals surface area contributed by atoms with Crippen LogP contribution >= 0.6 is 0 Å². The van der Waals surface area contributed by atoms with Gasteiger partial charge in [-0.05, 0) is 42.7 Å². The second kappa shape index (κ2) is 15.6. The van der Waals surface area contributed by atoms with Gasteiger partial charge in [-0.25, -0.2) is 9.59 Å². The zero-order valence-electron chi connectivity index (χ0n) is 20.2. The van der Waals surface area contributed by atoms with Gasteiger partial charge in [0.1, 0.15) is 18.8 Å². The fourth-order valence-corrected chi connectivity index (χ4v) is 2.63. The summed E-state index contributed by atoms with van der Waals surface area (Å²) in [5, 5.41) is 8.02. The van der Waals surface area contributed by atoms with Crippen LogP contribution in [-0.4, -0.2) is 57.3 Å². The molecule has 0 saturated carbocycles. The number of hydrogen-bond donors (Lipinski definition) is 0. The molecule has 2 aromatic rings. The standard InChI is InChI=1S/C26H28N2O8/c1-4-24(29)33-14-15-34-25(30)6-5-13-35-36-23-12-11-21(16-22(23)26(31)32-3)18-28-27-17-20-9-7-19(2)8-10-20/h4,7-12,16-18H,1,5-6,13-15H2,2-3H3. The molecule has 0 aromatic heterocycles. The van der Waals surface area contributed by atoms with Crippen LogP contribution in [-0.2, 0) is 28.7 Å². The molecule has 0 aliphatic heterocycles. The summed E-state index contributed by atoms with van der Waals surface area (Å²) in [6, 6.07) is 12.6. The molecule has 2 rings (SSSR count). The van der Waals surface area contributed by atoms with Gasteiger partial charge in [-0.15, -0.1) is 0 Å². The van der Waals surface area contributed by atoms with Crippen LogP contribution in [0, 0.1) is 6.92 Å². The fraction of sp³-hybridized carbons (Fsp3) is 0.269. The zero-order valence-corrected chi connectivity index (χ0v) is 20.2. The number of benzene rings is 2. The monoisotopic (exact) mass is 496 g/mol. The molecule has 0 spiro atoms. The Labute approximate surface area is 209 Å². The number of nitrogens with zero attached hydrogens (tertiary/aromatic N) is 2. The van der Waals surface area contributed by atoms with E-state index in [9.17, 15) is 14.4 Å². The molecule has 190 valence electrons. The predicted octanol–water partition coefficient (Wildman–Crippen LogP) is 3.60. The number of carbonyl (C=O) groups is 3. The summed E-state index contributed by atoms with van der Waals surface area (Å²) in [7, 11) is 1.25. The summed E-state index contributed by atoms with van der Waals surface area (Å²) < 4.78 is 14.4. The summed E-state index contributed by atoms with van der Waals surface area (Å²) in [6.07, 6.45) is 4.51. The van der Waals surface area contributed by atoms with Gasteiger partial charge in [-0.3, -0.25) is 4.79 Å². The van der Waals surface area contributed by atoms with Crippen LogP contribution in [0.1, 0.15) is 39.9 Å². The minimum atomic E-state index is -0.618. The van der Waals surface area contributed by atoms with Crippen LogP contribution in [0.4, 0.5) is 0 Å². The van der Waals surface area contributed by atoms with E-state index in [0.29, 0.717) is 12.0 Å². The Kier molecular flexibility index (Phi) is 12.1. The lowest BCUT2D eigenvalue weighted by Crippen LogP contribution is -2.13. The number of esters is 3. The molecule has 0 radical (unpaired) electrons. The van der Waals surface area contributed by atoms with Crippen molar-refractivity contribution in [3.05, 3.63) is 77.4 Å². The molecule has 0 unspecified atom stereocenters. The van der Waals surface area contributed by atoms with Gasteiger partial charge in [0.05, 0.1) is 26.1 Å². The fourth-order valence-electron chi connectivity index (χ4n) is 2.63. The van der Waals surface area contributed by atoms with E-state index in [4.69, 9.17) is 24.0 Å². The highest BCUT2D eigenvalue weighted by Gasteiger charge is 2.15. The molecule has 0 fully saturated rings. The maximum atomic E-state index is 12.2. The molecule has 0 heterocycles. The Bertz CT molecular complexity index is 1090. The van der Waals surface area contributed by atoms with Gasteiger partial charge in [-0.2, -0.15) is 15.1 Å².